The third-order valence-electron chi connectivity index (χ3n) is 12.4. The topological polar surface area (TPSA) is 61.7 Å². The molecule has 0 saturated carbocycles. The molecule has 0 aromatic heterocycles. The molecular formula is C54H45BN6. The summed E-state index contributed by atoms with van der Waals surface area (Å²) in [4.78, 5) is 10.9. The third-order valence-corrected chi connectivity index (χ3v) is 12.4. The van der Waals surface area contributed by atoms with Crippen molar-refractivity contribution in [2.75, 3.05) is 14.7 Å². The molecule has 6 nitrogen and oxygen atoms in total. The van der Waals surface area contributed by atoms with E-state index in [2.05, 4.69) is 179 Å². The first-order valence-corrected chi connectivity index (χ1v) is 20.7. The summed E-state index contributed by atoms with van der Waals surface area (Å²) in [5.41, 5.74) is 24.6. The van der Waals surface area contributed by atoms with Crippen molar-refractivity contribution in [2.45, 2.75) is 62.3 Å². The molecule has 0 spiro atoms. The number of hydrogen-bond donors (Lipinski definition) is 0. The molecule has 9 rings (SSSR count). The minimum absolute atomic E-state index is 0.287. The summed E-state index contributed by atoms with van der Waals surface area (Å²) < 4.78 is 0. The summed E-state index contributed by atoms with van der Waals surface area (Å²) in [5.74, 6) is 0. The maximum absolute atomic E-state index is 10.4. The van der Waals surface area contributed by atoms with Gasteiger partial charge in [-0.3, -0.25) is 0 Å². The molecule has 0 unspecified atom stereocenters. The fourth-order valence-electron chi connectivity index (χ4n) is 10.4. The van der Waals surface area contributed by atoms with Gasteiger partial charge in [-0.1, -0.05) is 65.2 Å². The zero-order valence-electron chi connectivity index (χ0n) is 36.2. The van der Waals surface area contributed by atoms with Crippen molar-refractivity contribution in [1.82, 2.24) is 0 Å². The van der Waals surface area contributed by atoms with Crippen molar-refractivity contribution in [3.8, 4) is 12.1 Å². The van der Waals surface area contributed by atoms with Gasteiger partial charge in [0.15, 0.2) is 5.69 Å². The highest BCUT2D eigenvalue weighted by atomic mass is 15.2. The van der Waals surface area contributed by atoms with Gasteiger partial charge in [-0.05, 0) is 173 Å². The molecule has 61 heavy (non-hydrogen) atoms. The number of nitriles is 2. The average molecular weight is 789 g/mol. The Morgan fingerprint density at radius 3 is 1.30 bits per heavy atom. The molecular weight excluding hydrogens is 743 g/mol. The molecule has 0 aliphatic carbocycles. The second kappa shape index (κ2) is 14.6. The van der Waals surface area contributed by atoms with Crippen LogP contribution < -0.4 is 31.1 Å². The molecule has 0 amide bonds. The first-order chi connectivity index (χ1) is 29.3. The van der Waals surface area contributed by atoms with Gasteiger partial charge in [0.05, 0.1) is 52.6 Å². The standard InChI is InChI=1S/C54H45BN6/c1-31-19-34(4)52(35(5)20-31)59(43-15-13-42(58-10)14-16-43)44-27-49-51-50(28-44)61(54-38(8)23-33(3)24-39(54)9)48-18-12-41(30-57)26-46(48)55(51)45-25-40(29-56)11-17-47(45)60(49)53-36(6)21-32(2)22-37(53)7/h11-28H,1-9H3. The van der Waals surface area contributed by atoms with Crippen LogP contribution in [0, 0.1) is 91.5 Å². The number of aryl methyl sites for hydroxylation is 9. The van der Waals surface area contributed by atoms with Gasteiger partial charge in [-0.2, -0.15) is 10.5 Å². The molecule has 2 aliphatic rings. The van der Waals surface area contributed by atoms with Crippen LogP contribution in [0.4, 0.5) is 56.9 Å². The highest BCUT2D eigenvalue weighted by Gasteiger charge is 2.45. The minimum Gasteiger partial charge on any atom is -0.311 e. The van der Waals surface area contributed by atoms with E-state index in [0.717, 1.165) is 101 Å². The predicted octanol–water partition coefficient (Wildman–Crippen LogP) is 12.3. The highest BCUT2D eigenvalue weighted by molar-refractivity contribution is 7.00. The summed E-state index contributed by atoms with van der Waals surface area (Å²) in [6, 6.07) is 43.1. The molecule has 0 N–H and O–H groups in total. The van der Waals surface area contributed by atoms with E-state index >= 15 is 0 Å². The van der Waals surface area contributed by atoms with E-state index in [1.54, 1.807) is 0 Å². The van der Waals surface area contributed by atoms with Crippen LogP contribution in [0.1, 0.15) is 61.2 Å². The number of nitrogens with zero attached hydrogens (tertiary/aromatic N) is 6. The van der Waals surface area contributed by atoms with Crippen molar-refractivity contribution in [1.29, 1.82) is 10.5 Å². The minimum atomic E-state index is -0.287. The van der Waals surface area contributed by atoms with Crippen molar-refractivity contribution in [2.24, 2.45) is 0 Å². The fraction of sp³-hybridized carbons (Fsp3) is 0.167. The van der Waals surface area contributed by atoms with E-state index in [-0.39, 0.29) is 6.71 Å². The molecule has 0 bridgehead atoms. The Morgan fingerprint density at radius 1 is 0.492 bits per heavy atom. The number of hydrogen-bond acceptors (Lipinski definition) is 5. The summed E-state index contributed by atoms with van der Waals surface area (Å²) in [6.45, 7) is 27.0. The smallest absolute Gasteiger partial charge is 0.252 e. The Morgan fingerprint density at radius 2 is 0.902 bits per heavy atom. The summed E-state index contributed by atoms with van der Waals surface area (Å²) >= 11 is 0. The maximum Gasteiger partial charge on any atom is 0.252 e. The molecule has 0 fully saturated rings. The average Bonchev–Trinajstić information content (AvgIpc) is 3.22. The van der Waals surface area contributed by atoms with E-state index in [1.807, 2.05) is 24.3 Å². The monoisotopic (exact) mass is 788 g/mol. The van der Waals surface area contributed by atoms with Gasteiger partial charge in [0, 0.05) is 28.4 Å². The number of benzene rings is 7. The summed E-state index contributed by atoms with van der Waals surface area (Å²) in [5, 5.41) is 20.8. The Balaban J connectivity index is 1.49. The Hall–Kier alpha value is -7.53. The van der Waals surface area contributed by atoms with Crippen LogP contribution in [0.5, 0.6) is 0 Å². The lowest BCUT2D eigenvalue weighted by molar-refractivity contribution is 1.17. The first kappa shape index (κ1) is 39.0. The zero-order valence-corrected chi connectivity index (χ0v) is 36.2. The fourth-order valence-corrected chi connectivity index (χ4v) is 10.4. The van der Waals surface area contributed by atoms with Crippen LogP contribution in [0.25, 0.3) is 4.85 Å². The van der Waals surface area contributed by atoms with Crippen LogP contribution in [-0.4, -0.2) is 6.71 Å². The van der Waals surface area contributed by atoms with Gasteiger partial charge in [-0.15, -0.1) is 0 Å². The lowest BCUT2D eigenvalue weighted by Gasteiger charge is -2.46. The lowest BCUT2D eigenvalue weighted by Crippen LogP contribution is -2.61. The molecule has 0 radical (unpaired) electrons. The van der Waals surface area contributed by atoms with Gasteiger partial charge in [0.25, 0.3) is 6.71 Å². The van der Waals surface area contributed by atoms with Crippen LogP contribution >= 0.6 is 0 Å². The SMILES string of the molecule is [C-]#[N+]c1ccc(N(c2cc3c4c(c2)N(c2c(C)cc(C)cc2C)c2ccc(C#N)cc2B4c2cc(C#N)ccc2N3c2c(C)cc(C)cc2C)c2c(C)cc(C)cc2C)cc1. The number of rotatable bonds is 5. The number of anilines is 9. The van der Waals surface area contributed by atoms with Crippen molar-refractivity contribution in [3.63, 3.8) is 0 Å². The van der Waals surface area contributed by atoms with Gasteiger partial charge < -0.3 is 14.7 Å². The molecule has 294 valence electrons. The molecule has 7 aromatic rings. The Kier molecular flexibility index (Phi) is 9.35. The molecule has 2 heterocycles. The van der Waals surface area contributed by atoms with Gasteiger partial charge in [0.2, 0.25) is 0 Å². The van der Waals surface area contributed by atoms with E-state index in [0.29, 0.717) is 16.8 Å². The van der Waals surface area contributed by atoms with Gasteiger partial charge >= 0.3 is 0 Å². The molecule has 0 atom stereocenters. The van der Waals surface area contributed by atoms with E-state index < -0.39 is 0 Å². The normalized spacial score (nSPS) is 12.2. The summed E-state index contributed by atoms with van der Waals surface area (Å²) in [6.07, 6.45) is 0. The largest absolute Gasteiger partial charge is 0.311 e. The Bertz CT molecular complexity index is 2920. The van der Waals surface area contributed by atoms with E-state index in [4.69, 9.17) is 6.57 Å². The van der Waals surface area contributed by atoms with E-state index in [9.17, 15) is 10.5 Å². The van der Waals surface area contributed by atoms with Crippen LogP contribution in [0.15, 0.2) is 109 Å². The molecule has 2 aliphatic heterocycles. The predicted molar refractivity (Wildman–Crippen MR) is 253 cm³/mol. The van der Waals surface area contributed by atoms with Crippen LogP contribution in [0.2, 0.25) is 0 Å². The van der Waals surface area contributed by atoms with Crippen LogP contribution in [-0.2, 0) is 0 Å². The number of fused-ring (bicyclic) bond motifs is 4. The summed E-state index contributed by atoms with van der Waals surface area (Å²) in [7, 11) is 0. The highest BCUT2D eigenvalue weighted by Crippen LogP contribution is 2.51. The van der Waals surface area contributed by atoms with Crippen molar-refractivity contribution >= 4 is 80.0 Å². The van der Waals surface area contributed by atoms with E-state index in [1.165, 1.54) is 16.7 Å². The molecule has 0 saturated heterocycles. The van der Waals surface area contributed by atoms with Gasteiger partial charge in [0.1, 0.15) is 0 Å². The molecule has 7 aromatic carbocycles. The van der Waals surface area contributed by atoms with Crippen molar-refractivity contribution < 1.29 is 0 Å². The quantitative estimate of drug-likeness (QED) is 0.128. The Labute approximate surface area is 360 Å². The first-order valence-electron chi connectivity index (χ1n) is 20.7. The molecule has 7 heteroatoms. The third kappa shape index (κ3) is 6.23. The van der Waals surface area contributed by atoms with Crippen molar-refractivity contribution in [3.05, 3.63) is 182 Å². The zero-order chi connectivity index (χ0) is 43.0. The second-order valence-corrected chi connectivity index (χ2v) is 17.0. The van der Waals surface area contributed by atoms with Gasteiger partial charge in [-0.25, -0.2) is 4.85 Å². The van der Waals surface area contributed by atoms with Crippen LogP contribution in [0.3, 0.4) is 0 Å². The second-order valence-electron chi connectivity index (χ2n) is 17.0. The maximum atomic E-state index is 10.4. The lowest BCUT2D eigenvalue weighted by atomic mass is 9.33.